The van der Waals surface area contributed by atoms with Crippen molar-refractivity contribution >= 4 is 5.97 Å². The lowest BCUT2D eigenvalue weighted by Crippen LogP contribution is -2.24. The van der Waals surface area contributed by atoms with Crippen LogP contribution in [0.3, 0.4) is 0 Å². The van der Waals surface area contributed by atoms with Gasteiger partial charge in [-0.25, -0.2) is 4.79 Å². The van der Waals surface area contributed by atoms with Crippen LogP contribution < -0.4 is 4.74 Å². The van der Waals surface area contributed by atoms with Crippen LogP contribution in [-0.4, -0.2) is 18.4 Å². The molecule has 0 unspecified atom stereocenters. The number of alkyl halides is 3. The Morgan fingerprint density at radius 2 is 1.78 bits per heavy atom. The summed E-state index contributed by atoms with van der Waals surface area (Å²) in [7, 11) is 0. The highest BCUT2D eigenvalue weighted by molar-refractivity contribution is 5.89. The molecule has 0 amide bonds. The Morgan fingerprint density at radius 3 is 2.33 bits per heavy atom. The van der Waals surface area contributed by atoms with Crippen LogP contribution in [0.15, 0.2) is 48.3 Å². The number of carbonyl (C=O) groups is 1. The van der Waals surface area contributed by atoms with Crippen molar-refractivity contribution in [2.45, 2.75) is 38.1 Å². The standard InChI is InChI=1S/C19H17F4NO3/c20-15(12-24)3-1-2-13-4-8-16(9-5-13)26-18(25)14-6-10-17(11-7-14)27-19(21,22)23/h1-3,6-7,10-11,13,16H,4-5,8-9H2/b2-1+,15-3-/t13-,16-. The molecule has 8 heteroatoms. The van der Waals surface area contributed by atoms with Gasteiger partial charge in [-0.05, 0) is 61.9 Å². The fourth-order valence-electron chi connectivity index (χ4n) is 2.75. The molecule has 1 aromatic carbocycles. The van der Waals surface area contributed by atoms with Crippen LogP contribution in [0, 0.1) is 17.2 Å². The van der Waals surface area contributed by atoms with Gasteiger partial charge in [0.2, 0.25) is 0 Å². The minimum atomic E-state index is -4.79. The fourth-order valence-corrected chi connectivity index (χ4v) is 2.75. The van der Waals surface area contributed by atoms with Crippen LogP contribution in [-0.2, 0) is 4.74 Å². The van der Waals surface area contributed by atoms with Gasteiger partial charge in [0.05, 0.1) is 5.56 Å². The van der Waals surface area contributed by atoms with Crippen molar-refractivity contribution < 1.29 is 31.8 Å². The Hall–Kier alpha value is -2.82. The first kappa shape index (κ1) is 20.5. The van der Waals surface area contributed by atoms with Crippen molar-refractivity contribution in [3.8, 4) is 11.8 Å². The third-order valence-electron chi connectivity index (χ3n) is 4.05. The first-order valence-corrected chi connectivity index (χ1v) is 8.27. The van der Waals surface area contributed by atoms with Crippen molar-refractivity contribution in [2.75, 3.05) is 0 Å². The van der Waals surface area contributed by atoms with Gasteiger partial charge in [0, 0.05) is 0 Å². The number of hydrogen-bond acceptors (Lipinski definition) is 4. The second-order valence-electron chi connectivity index (χ2n) is 6.03. The highest BCUT2D eigenvalue weighted by atomic mass is 19.4. The SMILES string of the molecule is N#C/C(F)=C/C=C/[C@H]1CC[C@H](OC(=O)c2ccc(OC(F)(F)F)cc2)CC1. The Morgan fingerprint density at radius 1 is 1.15 bits per heavy atom. The van der Waals surface area contributed by atoms with Gasteiger partial charge in [-0.1, -0.05) is 12.2 Å². The fraction of sp³-hybridized carbons (Fsp3) is 0.368. The molecular weight excluding hydrogens is 366 g/mol. The molecule has 1 aromatic rings. The molecule has 144 valence electrons. The number of halogens is 4. The van der Waals surface area contributed by atoms with Crippen LogP contribution in [0.5, 0.6) is 5.75 Å². The normalized spacial score (nSPS) is 20.9. The maximum atomic E-state index is 12.7. The van der Waals surface area contributed by atoms with Gasteiger partial charge >= 0.3 is 12.3 Å². The molecule has 0 bridgehead atoms. The van der Waals surface area contributed by atoms with E-state index in [2.05, 4.69) is 4.74 Å². The summed E-state index contributed by atoms with van der Waals surface area (Å²) in [5, 5.41) is 8.32. The van der Waals surface area contributed by atoms with E-state index in [1.54, 1.807) is 0 Å². The third kappa shape index (κ3) is 7.13. The van der Waals surface area contributed by atoms with Gasteiger partial charge in [-0.2, -0.15) is 9.65 Å². The first-order valence-electron chi connectivity index (χ1n) is 8.27. The summed E-state index contributed by atoms with van der Waals surface area (Å²) in [5.74, 6) is -1.66. The predicted molar refractivity (Wildman–Crippen MR) is 88.2 cm³/mol. The van der Waals surface area contributed by atoms with Crippen molar-refractivity contribution in [2.24, 2.45) is 5.92 Å². The zero-order valence-electron chi connectivity index (χ0n) is 14.2. The van der Waals surface area contributed by atoms with E-state index >= 15 is 0 Å². The number of nitriles is 1. The Bertz CT molecular complexity index is 740. The van der Waals surface area contributed by atoms with Crippen LogP contribution >= 0.6 is 0 Å². The number of nitrogens with zero attached hydrogens (tertiary/aromatic N) is 1. The van der Waals surface area contributed by atoms with E-state index in [0.717, 1.165) is 31.1 Å². The molecule has 0 aromatic heterocycles. The van der Waals surface area contributed by atoms with E-state index < -0.39 is 23.9 Å². The molecule has 0 atom stereocenters. The van der Waals surface area contributed by atoms with Crippen LogP contribution in [0.2, 0.25) is 0 Å². The summed E-state index contributed by atoms with van der Waals surface area (Å²) in [6.07, 6.45) is 2.09. The summed E-state index contributed by atoms with van der Waals surface area (Å²) in [6, 6.07) is 5.93. The number of hydrogen-bond donors (Lipinski definition) is 0. The van der Waals surface area contributed by atoms with Crippen molar-refractivity contribution in [3.05, 3.63) is 53.9 Å². The second-order valence-corrected chi connectivity index (χ2v) is 6.03. The third-order valence-corrected chi connectivity index (χ3v) is 4.05. The van der Waals surface area contributed by atoms with Crippen LogP contribution in [0.25, 0.3) is 0 Å². The van der Waals surface area contributed by atoms with E-state index in [9.17, 15) is 22.4 Å². The van der Waals surface area contributed by atoms with E-state index in [1.165, 1.54) is 24.3 Å². The van der Waals surface area contributed by atoms with Crippen LogP contribution in [0.4, 0.5) is 17.6 Å². The molecular formula is C19H17F4NO3. The molecule has 0 N–H and O–H groups in total. The molecule has 27 heavy (non-hydrogen) atoms. The first-order chi connectivity index (χ1) is 12.8. The Kier molecular flexibility index (Phi) is 6.99. The second kappa shape index (κ2) is 9.21. The molecule has 1 fully saturated rings. The Balaban J connectivity index is 1.81. The number of ether oxygens (including phenoxy) is 2. The molecule has 0 spiro atoms. The molecule has 2 rings (SSSR count). The van der Waals surface area contributed by atoms with Gasteiger partial charge < -0.3 is 9.47 Å². The number of rotatable bonds is 5. The summed E-state index contributed by atoms with van der Waals surface area (Å²) >= 11 is 0. The molecule has 0 radical (unpaired) electrons. The average molecular weight is 383 g/mol. The summed E-state index contributed by atoms with van der Waals surface area (Å²) in [5.41, 5.74) is 0.142. The van der Waals surface area contributed by atoms with E-state index in [-0.39, 0.29) is 17.6 Å². The lowest BCUT2D eigenvalue weighted by Gasteiger charge is -2.26. The Labute approximate surface area is 153 Å². The zero-order chi connectivity index (χ0) is 19.9. The smallest absolute Gasteiger partial charge is 0.459 e. The lowest BCUT2D eigenvalue weighted by atomic mass is 9.87. The monoisotopic (exact) mass is 383 g/mol. The summed E-state index contributed by atoms with van der Waals surface area (Å²) < 4.78 is 58.2. The van der Waals surface area contributed by atoms with Gasteiger partial charge in [0.15, 0.2) is 5.83 Å². The average Bonchev–Trinajstić information content (AvgIpc) is 2.62. The number of benzene rings is 1. The van der Waals surface area contributed by atoms with Gasteiger partial charge in [-0.15, -0.1) is 13.2 Å². The maximum Gasteiger partial charge on any atom is 0.573 e. The molecule has 0 saturated heterocycles. The largest absolute Gasteiger partial charge is 0.573 e. The highest BCUT2D eigenvalue weighted by Gasteiger charge is 2.31. The predicted octanol–water partition coefficient (Wildman–Crippen LogP) is 5.23. The van der Waals surface area contributed by atoms with Crippen LogP contribution in [0.1, 0.15) is 36.0 Å². The lowest BCUT2D eigenvalue weighted by molar-refractivity contribution is -0.274. The minimum absolute atomic E-state index is 0.142. The molecule has 0 aliphatic heterocycles. The summed E-state index contributed by atoms with van der Waals surface area (Å²) in [6.45, 7) is 0. The molecule has 1 aliphatic rings. The molecule has 1 saturated carbocycles. The zero-order valence-corrected chi connectivity index (χ0v) is 14.2. The number of carbonyl (C=O) groups excluding carboxylic acids is 1. The highest BCUT2D eigenvalue weighted by Crippen LogP contribution is 2.28. The summed E-state index contributed by atoms with van der Waals surface area (Å²) in [4.78, 5) is 12.1. The van der Waals surface area contributed by atoms with Gasteiger partial charge in [0.1, 0.15) is 17.9 Å². The number of esters is 1. The van der Waals surface area contributed by atoms with Crippen molar-refractivity contribution in [1.82, 2.24) is 0 Å². The van der Waals surface area contributed by atoms with Crippen molar-refractivity contribution in [3.63, 3.8) is 0 Å². The van der Waals surface area contributed by atoms with E-state index in [0.29, 0.717) is 12.8 Å². The van der Waals surface area contributed by atoms with Gasteiger partial charge in [-0.3, -0.25) is 0 Å². The topological polar surface area (TPSA) is 59.3 Å². The quantitative estimate of drug-likeness (QED) is 0.302. The molecule has 1 aliphatic carbocycles. The molecule has 4 nitrogen and oxygen atoms in total. The molecule has 0 heterocycles. The van der Waals surface area contributed by atoms with Crippen molar-refractivity contribution in [1.29, 1.82) is 5.26 Å². The van der Waals surface area contributed by atoms with E-state index in [4.69, 9.17) is 10.00 Å². The number of allylic oxidation sites excluding steroid dienone is 4. The maximum absolute atomic E-state index is 12.7. The van der Waals surface area contributed by atoms with Gasteiger partial charge in [0.25, 0.3) is 0 Å². The minimum Gasteiger partial charge on any atom is -0.459 e. The van der Waals surface area contributed by atoms with E-state index in [1.807, 2.05) is 6.08 Å².